The van der Waals surface area contributed by atoms with E-state index in [0.29, 0.717) is 42.2 Å². The Morgan fingerprint density at radius 3 is 2.52 bits per heavy atom. The topological polar surface area (TPSA) is 218 Å². The fourth-order valence-electron chi connectivity index (χ4n) is 5.89. The Balaban J connectivity index is 1.10. The molecule has 0 radical (unpaired) electrons. The molecule has 3 N–H and O–H groups in total. The van der Waals surface area contributed by atoms with Crippen LogP contribution in [0.3, 0.4) is 0 Å². The molecule has 1 aromatic heterocycles. The van der Waals surface area contributed by atoms with Crippen LogP contribution in [0.15, 0.2) is 90.8 Å². The summed E-state index contributed by atoms with van der Waals surface area (Å²) in [7, 11) is 3.41. The lowest BCUT2D eigenvalue weighted by atomic mass is 10.1. The zero-order valence-electron chi connectivity index (χ0n) is 31.7. The van der Waals surface area contributed by atoms with Gasteiger partial charge in [0.2, 0.25) is 5.91 Å². The number of H-pyrrole nitrogens is 1. The number of nitrogens with one attached hydrogen (secondary N) is 2. The summed E-state index contributed by atoms with van der Waals surface area (Å²) in [6.45, 7) is 6.07. The van der Waals surface area contributed by atoms with E-state index in [0.717, 1.165) is 16.8 Å². The van der Waals surface area contributed by atoms with Gasteiger partial charge in [-0.2, -0.15) is 5.11 Å². The number of aliphatic hydroxyl groups is 1. The van der Waals surface area contributed by atoms with Crippen molar-refractivity contribution >= 4 is 40.0 Å². The first-order chi connectivity index (χ1) is 26.9. The molecule has 17 nitrogen and oxygen atoms in total. The minimum atomic E-state index is -0.709. The molecule has 5 rings (SSSR count). The van der Waals surface area contributed by atoms with E-state index in [-0.39, 0.29) is 42.2 Å². The van der Waals surface area contributed by atoms with Gasteiger partial charge in [0.15, 0.2) is 5.69 Å². The summed E-state index contributed by atoms with van der Waals surface area (Å²) in [5.41, 5.74) is 2.68. The van der Waals surface area contributed by atoms with Crippen molar-refractivity contribution in [2.24, 2.45) is 20.5 Å². The van der Waals surface area contributed by atoms with Gasteiger partial charge < -0.3 is 24.8 Å². The third-order valence-corrected chi connectivity index (χ3v) is 9.03. The van der Waals surface area contributed by atoms with Crippen LogP contribution < -0.4 is 26.2 Å². The molecule has 3 aromatic carbocycles. The van der Waals surface area contributed by atoms with Crippen molar-refractivity contribution in [1.29, 1.82) is 0 Å². The van der Waals surface area contributed by atoms with Gasteiger partial charge in [-0.3, -0.25) is 29.3 Å². The van der Waals surface area contributed by atoms with Gasteiger partial charge in [-0.15, -0.1) is 15.3 Å². The van der Waals surface area contributed by atoms with Gasteiger partial charge >= 0.3 is 5.69 Å². The molecule has 0 aliphatic carbocycles. The molecule has 1 amide bonds. The van der Waals surface area contributed by atoms with Crippen molar-refractivity contribution in [3.8, 4) is 17.6 Å². The number of carbonyl (C=O) groups is 1. The van der Waals surface area contributed by atoms with E-state index in [1.54, 1.807) is 31.2 Å². The number of aromatic amines is 1. The van der Waals surface area contributed by atoms with E-state index in [4.69, 9.17) is 9.47 Å². The number of nitro benzene ring substituents is 1. The molecule has 17 heteroatoms. The van der Waals surface area contributed by atoms with Gasteiger partial charge in [0.25, 0.3) is 11.2 Å². The first-order valence-electron chi connectivity index (χ1n) is 17.9. The number of aromatic nitrogens is 2. The average Bonchev–Trinajstić information content (AvgIpc) is 3.56. The van der Waals surface area contributed by atoms with Crippen LogP contribution in [0.25, 0.3) is 0 Å². The molecule has 3 atom stereocenters. The number of benzene rings is 3. The normalized spacial score (nSPS) is 16.5. The number of aryl methyl sites for hydroxylation is 2. The van der Waals surface area contributed by atoms with E-state index in [1.807, 2.05) is 50.1 Å². The van der Waals surface area contributed by atoms with Crippen LogP contribution in [0.4, 0.5) is 34.1 Å². The molecule has 3 unspecified atom stereocenters. The summed E-state index contributed by atoms with van der Waals surface area (Å²) in [5, 5.41) is 41.4. The number of ether oxygens (including phenoxy) is 2. The fourth-order valence-corrected chi connectivity index (χ4v) is 5.89. The van der Waals surface area contributed by atoms with Crippen LogP contribution in [-0.2, 0) is 9.53 Å². The Labute approximate surface area is 322 Å². The number of methoxy groups -OCH3 is 1. The van der Waals surface area contributed by atoms with Crippen LogP contribution in [0.1, 0.15) is 55.5 Å². The minimum Gasteiger partial charge on any atom is -0.494 e. The summed E-state index contributed by atoms with van der Waals surface area (Å²) >= 11 is 0. The zero-order chi connectivity index (χ0) is 40.4. The monoisotopic (exact) mass is 765 g/mol. The first kappa shape index (κ1) is 40.7. The van der Waals surface area contributed by atoms with Crippen LogP contribution in [-0.4, -0.2) is 64.9 Å². The highest BCUT2D eigenvalue weighted by atomic mass is 16.6. The predicted octanol–water partition coefficient (Wildman–Crippen LogP) is 6.34. The van der Waals surface area contributed by atoms with E-state index < -0.39 is 34.6 Å². The number of amides is 1. The molecule has 56 heavy (non-hydrogen) atoms. The van der Waals surface area contributed by atoms with Gasteiger partial charge in [0.1, 0.15) is 23.2 Å². The third kappa shape index (κ3) is 10.4. The van der Waals surface area contributed by atoms with Gasteiger partial charge in [-0.1, -0.05) is 24.8 Å². The van der Waals surface area contributed by atoms with Crippen molar-refractivity contribution in [3.05, 3.63) is 108 Å². The Morgan fingerprint density at radius 2 is 1.82 bits per heavy atom. The molecule has 2 heterocycles. The van der Waals surface area contributed by atoms with Crippen LogP contribution in [0.5, 0.6) is 5.75 Å². The number of azo groups is 2. The van der Waals surface area contributed by atoms with Crippen LogP contribution in [0.2, 0.25) is 0 Å². The molecule has 1 saturated heterocycles. The molecule has 0 spiro atoms. The van der Waals surface area contributed by atoms with Gasteiger partial charge in [-0.25, -0.2) is 4.79 Å². The van der Waals surface area contributed by atoms with E-state index in [9.17, 15) is 29.6 Å². The third-order valence-electron chi connectivity index (χ3n) is 9.03. The van der Waals surface area contributed by atoms with Crippen molar-refractivity contribution in [3.63, 3.8) is 0 Å². The number of hydrogen-bond donors (Lipinski definition) is 3. The Hall–Kier alpha value is -6.51. The van der Waals surface area contributed by atoms with Crippen LogP contribution in [0, 0.1) is 35.8 Å². The summed E-state index contributed by atoms with van der Waals surface area (Å²) in [6.07, 6.45) is 1.14. The van der Waals surface area contributed by atoms with Crippen molar-refractivity contribution in [2.75, 3.05) is 32.1 Å². The first-order valence-corrected chi connectivity index (χ1v) is 17.9. The Morgan fingerprint density at radius 1 is 1.09 bits per heavy atom. The minimum absolute atomic E-state index is 0.0152. The Bertz CT molecular complexity index is 2310. The van der Waals surface area contributed by atoms with Gasteiger partial charge in [0.05, 0.1) is 42.2 Å². The molecule has 1 aliphatic heterocycles. The number of nitro groups is 1. The van der Waals surface area contributed by atoms with E-state index >= 15 is 0 Å². The standard InChI is InChI=1S/C39H43N9O8/c1-6-34-33(49)22-37(56-34)47-23-26(38(51)41-39(47)52)9-7-17-40-36(50)10-8-18-46(4)28-14-12-27(13-15-28)42-45-31-20-25(3)30(21-35(31)55-5)44-43-29-16-11-24(2)19-32(29)48(53)54/h11-16,19-21,23,33-34,37,49H,6,8,10,17-18,22H2,1-5H3,(H,40,50)(H,41,51,52)/b44-43+,45-42-. The van der Waals surface area contributed by atoms with Gasteiger partial charge in [0, 0.05) is 50.5 Å². The number of hydrogen-bond acceptors (Lipinski definition) is 13. The molecule has 4 aromatic rings. The Kier molecular flexibility index (Phi) is 13.6. The largest absolute Gasteiger partial charge is 0.494 e. The summed E-state index contributed by atoms with van der Waals surface area (Å²) < 4.78 is 12.5. The number of nitrogens with zero attached hydrogens (tertiary/aromatic N) is 7. The average molecular weight is 766 g/mol. The highest BCUT2D eigenvalue weighted by Crippen LogP contribution is 2.38. The maximum atomic E-state index is 12.4. The van der Waals surface area contributed by atoms with E-state index in [1.165, 1.54) is 23.9 Å². The number of carbonyl (C=O) groups excluding carboxylic acids is 1. The second-order valence-electron chi connectivity index (χ2n) is 13.1. The smallest absolute Gasteiger partial charge is 0.330 e. The molecule has 1 fully saturated rings. The predicted molar refractivity (Wildman–Crippen MR) is 209 cm³/mol. The maximum Gasteiger partial charge on any atom is 0.330 e. The van der Waals surface area contributed by atoms with Gasteiger partial charge in [-0.05, 0) is 74.2 Å². The molecule has 1 aliphatic rings. The number of anilines is 1. The van der Waals surface area contributed by atoms with Crippen molar-refractivity contribution in [1.82, 2.24) is 14.9 Å². The molecular formula is C39H43N9O8. The zero-order valence-corrected chi connectivity index (χ0v) is 31.7. The summed E-state index contributed by atoms with van der Waals surface area (Å²) in [5.74, 6) is 5.66. The second kappa shape index (κ2) is 18.7. The summed E-state index contributed by atoms with van der Waals surface area (Å²) in [4.78, 5) is 52.3. The van der Waals surface area contributed by atoms with Crippen LogP contribution >= 0.6 is 0 Å². The quantitative estimate of drug-likeness (QED) is 0.0563. The van der Waals surface area contributed by atoms with Crippen molar-refractivity contribution in [2.45, 2.75) is 64.9 Å². The lowest BCUT2D eigenvalue weighted by Gasteiger charge is -2.19. The number of aliphatic hydroxyl groups excluding tert-OH is 1. The SMILES string of the molecule is CCC1OC(n2cc(C#CCNC(=O)CCCN(C)c3ccc(/N=N\c4cc(C)c(/N=N/c5ccc(C)cc5[N+](=O)[O-])cc4OC)cc3)c(=O)[nH]c2=O)CC1O. The fraction of sp³-hybridized carbons (Fsp3) is 0.359. The lowest BCUT2D eigenvalue weighted by molar-refractivity contribution is -0.384. The molecule has 0 bridgehead atoms. The number of rotatable bonds is 14. The maximum absolute atomic E-state index is 12.4. The highest BCUT2D eigenvalue weighted by Gasteiger charge is 2.34. The van der Waals surface area contributed by atoms with Crippen molar-refractivity contribution < 1.29 is 24.3 Å². The summed E-state index contributed by atoms with van der Waals surface area (Å²) in [6, 6.07) is 15.6. The lowest BCUT2D eigenvalue weighted by Crippen LogP contribution is -2.33. The molecule has 292 valence electrons. The molecular weight excluding hydrogens is 722 g/mol. The van der Waals surface area contributed by atoms with E-state index in [2.05, 4.69) is 42.6 Å². The molecule has 0 saturated carbocycles. The second-order valence-corrected chi connectivity index (χ2v) is 13.1. The highest BCUT2D eigenvalue weighted by molar-refractivity contribution is 5.76.